The number of aromatic amines is 1. The molecule has 4 rings (SSSR count). The van der Waals surface area contributed by atoms with Crippen LogP contribution in [0, 0.1) is 0 Å². The van der Waals surface area contributed by atoms with Gasteiger partial charge in [0.15, 0.2) is 0 Å². The van der Waals surface area contributed by atoms with Crippen LogP contribution in [0.25, 0.3) is 10.9 Å². The molecule has 1 atom stereocenters. The lowest BCUT2D eigenvalue weighted by Gasteiger charge is -2.38. The normalized spacial score (nSPS) is 23.9. The third-order valence-corrected chi connectivity index (χ3v) is 5.28. The summed E-state index contributed by atoms with van der Waals surface area (Å²) in [5.41, 5.74) is 1.64. The van der Waals surface area contributed by atoms with Crippen LogP contribution >= 0.6 is 0 Å². The molecule has 1 aromatic carbocycles. The van der Waals surface area contributed by atoms with E-state index in [0.29, 0.717) is 0 Å². The fourth-order valence-electron chi connectivity index (χ4n) is 4.11. The molecule has 2 N–H and O–H groups in total. The smallest absolute Gasteiger partial charge is 0.252 e. The maximum atomic E-state index is 12.8. The highest BCUT2D eigenvalue weighted by atomic mass is 16.5. The summed E-state index contributed by atoms with van der Waals surface area (Å²) < 4.78 is 6.08. The van der Waals surface area contributed by atoms with E-state index in [-0.39, 0.29) is 17.6 Å². The van der Waals surface area contributed by atoms with Gasteiger partial charge in [-0.05, 0) is 37.5 Å². The molecule has 1 aliphatic carbocycles. The van der Waals surface area contributed by atoms with E-state index in [9.17, 15) is 4.79 Å². The number of aromatic nitrogens is 1. The Bertz CT molecular complexity index is 685. The summed E-state index contributed by atoms with van der Waals surface area (Å²) in [6, 6.07) is 7.93. The molecule has 1 unspecified atom stereocenters. The zero-order chi connectivity index (χ0) is 15.0. The summed E-state index contributed by atoms with van der Waals surface area (Å²) in [6.45, 7) is 0.763. The number of hydrogen-bond acceptors (Lipinski definition) is 2. The number of amides is 1. The van der Waals surface area contributed by atoms with Crippen LogP contribution in [0.1, 0.15) is 48.9 Å². The van der Waals surface area contributed by atoms with Crippen LogP contribution in [0.5, 0.6) is 0 Å². The first-order valence-electron chi connectivity index (χ1n) is 8.29. The molecule has 22 heavy (non-hydrogen) atoms. The number of hydrogen-bond donors (Lipinski definition) is 2. The molecule has 1 aromatic heterocycles. The summed E-state index contributed by atoms with van der Waals surface area (Å²) in [7, 11) is 0. The minimum Gasteiger partial charge on any atom is -0.373 e. The van der Waals surface area contributed by atoms with Crippen molar-refractivity contribution >= 4 is 16.8 Å². The number of carbonyl (C=O) groups excluding carboxylic acids is 1. The van der Waals surface area contributed by atoms with Crippen LogP contribution in [-0.2, 0) is 4.74 Å². The average Bonchev–Trinajstić information content (AvgIpc) is 3.16. The Morgan fingerprint density at radius 2 is 2.09 bits per heavy atom. The van der Waals surface area contributed by atoms with Crippen LogP contribution in [0.2, 0.25) is 0 Å². The summed E-state index contributed by atoms with van der Waals surface area (Å²) in [5.74, 6) is 0.0191. The van der Waals surface area contributed by atoms with Crippen molar-refractivity contribution < 1.29 is 9.53 Å². The zero-order valence-electron chi connectivity index (χ0n) is 12.7. The Hall–Kier alpha value is -1.81. The number of nitrogens with one attached hydrogen (secondary N) is 2. The fourth-order valence-corrected chi connectivity index (χ4v) is 4.11. The van der Waals surface area contributed by atoms with Gasteiger partial charge in [-0.1, -0.05) is 25.3 Å². The van der Waals surface area contributed by atoms with E-state index >= 15 is 0 Å². The standard InChI is InChI=1S/C18H22N2O2/c21-17(14-5-4-6-15-13(14)7-11-19-15)20-16-8-12-22-18(16)9-2-1-3-10-18/h4-7,11,16,19H,1-3,8-10,12H2,(H,20,21). The molecule has 4 nitrogen and oxygen atoms in total. The van der Waals surface area contributed by atoms with Gasteiger partial charge in [-0.25, -0.2) is 0 Å². The van der Waals surface area contributed by atoms with Gasteiger partial charge in [0, 0.05) is 29.3 Å². The Labute approximate surface area is 130 Å². The van der Waals surface area contributed by atoms with Gasteiger partial charge >= 0.3 is 0 Å². The highest BCUT2D eigenvalue weighted by Gasteiger charge is 2.45. The van der Waals surface area contributed by atoms with Gasteiger partial charge in [-0.2, -0.15) is 0 Å². The van der Waals surface area contributed by atoms with Gasteiger partial charge in [-0.3, -0.25) is 4.79 Å². The van der Waals surface area contributed by atoms with Crippen molar-refractivity contribution in [3.05, 3.63) is 36.0 Å². The Morgan fingerprint density at radius 1 is 1.23 bits per heavy atom. The Morgan fingerprint density at radius 3 is 2.95 bits per heavy atom. The molecule has 2 aromatic rings. The average molecular weight is 298 g/mol. The number of benzene rings is 1. The van der Waals surface area contributed by atoms with Crippen molar-refractivity contribution in [2.75, 3.05) is 6.61 Å². The quantitative estimate of drug-likeness (QED) is 0.893. The van der Waals surface area contributed by atoms with Gasteiger partial charge in [0.1, 0.15) is 0 Å². The van der Waals surface area contributed by atoms with Crippen LogP contribution in [0.15, 0.2) is 30.5 Å². The monoisotopic (exact) mass is 298 g/mol. The van der Waals surface area contributed by atoms with E-state index in [2.05, 4.69) is 10.3 Å². The van der Waals surface area contributed by atoms with Gasteiger partial charge in [0.25, 0.3) is 5.91 Å². The molecule has 2 fully saturated rings. The Balaban J connectivity index is 1.57. The summed E-state index contributed by atoms with van der Waals surface area (Å²) >= 11 is 0. The van der Waals surface area contributed by atoms with Crippen molar-refractivity contribution in [1.29, 1.82) is 0 Å². The van der Waals surface area contributed by atoms with Crippen molar-refractivity contribution in [2.24, 2.45) is 0 Å². The van der Waals surface area contributed by atoms with E-state index in [4.69, 9.17) is 4.74 Å². The van der Waals surface area contributed by atoms with Crippen molar-refractivity contribution in [1.82, 2.24) is 10.3 Å². The number of rotatable bonds is 2. The van der Waals surface area contributed by atoms with Crippen LogP contribution in [-0.4, -0.2) is 29.1 Å². The van der Waals surface area contributed by atoms with E-state index < -0.39 is 0 Å². The van der Waals surface area contributed by atoms with Crippen molar-refractivity contribution in [3.8, 4) is 0 Å². The predicted molar refractivity (Wildman–Crippen MR) is 85.9 cm³/mol. The van der Waals surface area contributed by atoms with Crippen molar-refractivity contribution in [2.45, 2.75) is 50.2 Å². The van der Waals surface area contributed by atoms with Gasteiger partial charge in [-0.15, -0.1) is 0 Å². The summed E-state index contributed by atoms with van der Waals surface area (Å²) in [4.78, 5) is 15.9. The van der Waals surface area contributed by atoms with Gasteiger partial charge in [0.05, 0.1) is 11.6 Å². The van der Waals surface area contributed by atoms with Gasteiger partial charge in [0.2, 0.25) is 0 Å². The number of H-pyrrole nitrogens is 1. The first-order chi connectivity index (χ1) is 10.8. The maximum absolute atomic E-state index is 12.8. The molecule has 2 aliphatic rings. The number of fused-ring (bicyclic) bond motifs is 1. The number of ether oxygens (including phenoxy) is 1. The maximum Gasteiger partial charge on any atom is 0.252 e. The third kappa shape index (κ3) is 2.22. The van der Waals surface area contributed by atoms with Gasteiger partial charge < -0.3 is 15.0 Å². The first-order valence-corrected chi connectivity index (χ1v) is 8.29. The molecule has 0 bridgehead atoms. The Kier molecular flexibility index (Phi) is 3.41. The second-order valence-electron chi connectivity index (χ2n) is 6.53. The van der Waals surface area contributed by atoms with Crippen LogP contribution in [0.3, 0.4) is 0 Å². The molecule has 1 spiro atoms. The van der Waals surface area contributed by atoms with E-state index in [1.807, 2.05) is 30.5 Å². The molecule has 1 saturated heterocycles. The fraction of sp³-hybridized carbons (Fsp3) is 0.500. The molecule has 1 amide bonds. The highest BCUT2D eigenvalue weighted by Crippen LogP contribution is 2.39. The van der Waals surface area contributed by atoms with E-state index in [1.165, 1.54) is 19.3 Å². The zero-order valence-corrected chi connectivity index (χ0v) is 12.7. The molecule has 1 saturated carbocycles. The second kappa shape index (κ2) is 5.43. The van der Waals surface area contributed by atoms with Crippen molar-refractivity contribution in [3.63, 3.8) is 0 Å². The minimum atomic E-state index is -0.111. The lowest BCUT2D eigenvalue weighted by atomic mass is 9.79. The van der Waals surface area contributed by atoms with Crippen LogP contribution < -0.4 is 5.32 Å². The molecule has 0 radical (unpaired) electrons. The third-order valence-electron chi connectivity index (χ3n) is 5.28. The summed E-state index contributed by atoms with van der Waals surface area (Å²) in [6.07, 6.45) is 8.66. The van der Waals surface area contributed by atoms with E-state index in [1.54, 1.807) is 0 Å². The first kappa shape index (κ1) is 13.8. The molecule has 1 aliphatic heterocycles. The second-order valence-corrected chi connectivity index (χ2v) is 6.53. The summed E-state index contributed by atoms with van der Waals surface area (Å²) in [5, 5.41) is 4.24. The largest absolute Gasteiger partial charge is 0.373 e. The molecule has 116 valence electrons. The highest BCUT2D eigenvalue weighted by molar-refractivity contribution is 6.06. The number of carbonyl (C=O) groups is 1. The van der Waals surface area contributed by atoms with E-state index in [0.717, 1.165) is 42.3 Å². The van der Waals surface area contributed by atoms with Crippen LogP contribution in [0.4, 0.5) is 0 Å². The minimum absolute atomic E-state index is 0.0191. The lowest BCUT2D eigenvalue weighted by Crippen LogP contribution is -2.51. The topological polar surface area (TPSA) is 54.1 Å². The molecule has 2 heterocycles. The molecular formula is C18H22N2O2. The lowest BCUT2D eigenvalue weighted by molar-refractivity contribution is -0.0375. The SMILES string of the molecule is O=C(NC1CCOC12CCCCC2)c1cccc2[nH]ccc12. The predicted octanol–water partition coefficient (Wildman–Crippen LogP) is 3.39. The molecule has 4 heteroatoms. The molecular weight excluding hydrogens is 276 g/mol.